The van der Waals surface area contributed by atoms with E-state index in [4.69, 9.17) is 11.6 Å². The fourth-order valence-corrected chi connectivity index (χ4v) is 3.26. The highest BCUT2D eigenvalue weighted by Gasteiger charge is 2.36. The Kier molecular flexibility index (Phi) is 5.20. The molecule has 0 radical (unpaired) electrons. The summed E-state index contributed by atoms with van der Waals surface area (Å²) in [6, 6.07) is 7.73. The lowest BCUT2D eigenvalue weighted by Crippen LogP contribution is -2.13. The van der Waals surface area contributed by atoms with Crippen molar-refractivity contribution in [3.8, 4) is 0 Å². The van der Waals surface area contributed by atoms with Gasteiger partial charge in [-0.3, -0.25) is 10.1 Å². The van der Waals surface area contributed by atoms with E-state index >= 15 is 0 Å². The third-order valence-corrected chi connectivity index (χ3v) is 4.90. The summed E-state index contributed by atoms with van der Waals surface area (Å²) in [5.41, 5.74) is 2.48. The Labute approximate surface area is 161 Å². The summed E-state index contributed by atoms with van der Waals surface area (Å²) in [5.74, 6) is -0.697. The molecule has 0 spiro atoms. The summed E-state index contributed by atoms with van der Waals surface area (Å²) >= 11 is 6.51. The third-order valence-electron chi connectivity index (χ3n) is 3.63. The normalized spacial score (nSPS) is 11.6. The van der Waals surface area contributed by atoms with E-state index in [-0.39, 0.29) is 27.2 Å². The Morgan fingerprint density at radius 2 is 1.89 bits per heavy atom. The number of hydrogen-bond acceptors (Lipinski definition) is 5. The summed E-state index contributed by atoms with van der Waals surface area (Å²) in [6.45, 7) is 3.91. The standard InChI is InChI=1S/C16H13ClF3N5OS/c1-8-3-5-10(6-4-8)7-25-12(17)11(9(2)24-25)13(26)21-15-23-22-14(27-15)16(18,19)20/h3-6H,7H2,1-2H3,(H,21,23,26). The van der Waals surface area contributed by atoms with Gasteiger partial charge in [-0.25, -0.2) is 4.68 Å². The van der Waals surface area contributed by atoms with Crippen molar-refractivity contribution in [2.24, 2.45) is 0 Å². The molecule has 3 aromatic rings. The molecule has 0 bridgehead atoms. The number of carbonyl (C=O) groups excluding carboxylic acids is 1. The van der Waals surface area contributed by atoms with Crippen LogP contribution in [0.15, 0.2) is 24.3 Å². The van der Waals surface area contributed by atoms with Crippen LogP contribution in [0, 0.1) is 13.8 Å². The van der Waals surface area contributed by atoms with E-state index in [0.29, 0.717) is 12.2 Å². The van der Waals surface area contributed by atoms with Crippen LogP contribution in [-0.2, 0) is 12.7 Å². The molecule has 27 heavy (non-hydrogen) atoms. The van der Waals surface area contributed by atoms with Gasteiger partial charge in [-0.1, -0.05) is 52.8 Å². The Bertz CT molecular complexity index is 981. The molecular weight excluding hydrogens is 403 g/mol. The van der Waals surface area contributed by atoms with Gasteiger partial charge < -0.3 is 0 Å². The van der Waals surface area contributed by atoms with Crippen LogP contribution >= 0.6 is 22.9 Å². The maximum absolute atomic E-state index is 12.6. The van der Waals surface area contributed by atoms with Crippen LogP contribution in [0.4, 0.5) is 18.3 Å². The number of halogens is 4. The van der Waals surface area contributed by atoms with Gasteiger partial charge in [-0.05, 0) is 19.4 Å². The van der Waals surface area contributed by atoms with Crippen molar-refractivity contribution in [1.29, 1.82) is 0 Å². The van der Waals surface area contributed by atoms with E-state index in [2.05, 4.69) is 20.6 Å². The molecule has 11 heteroatoms. The van der Waals surface area contributed by atoms with Gasteiger partial charge in [0.05, 0.1) is 17.8 Å². The second-order valence-electron chi connectivity index (χ2n) is 5.76. The number of anilines is 1. The highest BCUT2D eigenvalue weighted by atomic mass is 35.5. The zero-order chi connectivity index (χ0) is 19.8. The van der Waals surface area contributed by atoms with Gasteiger partial charge in [0.2, 0.25) is 10.1 Å². The summed E-state index contributed by atoms with van der Waals surface area (Å²) in [5, 5.41) is 11.6. The molecule has 0 saturated carbocycles. The average Bonchev–Trinajstić information content (AvgIpc) is 3.14. The molecule has 6 nitrogen and oxygen atoms in total. The van der Waals surface area contributed by atoms with Crippen LogP contribution in [0.1, 0.15) is 32.2 Å². The molecule has 2 heterocycles. The smallest absolute Gasteiger partial charge is 0.296 e. The Balaban J connectivity index is 1.80. The predicted molar refractivity (Wildman–Crippen MR) is 95.1 cm³/mol. The first kappa shape index (κ1) is 19.3. The van der Waals surface area contributed by atoms with Gasteiger partial charge in [-0.2, -0.15) is 18.3 Å². The van der Waals surface area contributed by atoms with E-state index < -0.39 is 17.1 Å². The van der Waals surface area contributed by atoms with Crippen molar-refractivity contribution in [1.82, 2.24) is 20.0 Å². The number of benzene rings is 1. The Morgan fingerprint density at radius 1 is 1.22 bits per heavy atom. The van der Waals surface area contributed by atoms with Gasteiger partial charge in [0.1, 0.15) is 5.15 Å². The molecule has 2 aromatic heterocycles. The van der Waals surface area contributed by atoms with Crippen molar-refractivity contribution >= 4 is 34.0 Å². The van der Waals surface area contributed by atoms with Crippen molar-refractivity contribution in [2.75, 3.05) is 5.32 Å². The van der Waals surface area contributed by atoms with Crippen LogP contribution in [0.5, 0.6) is 0 Å². The topological polar surface area (TPSA) is 72.7 Å². The van der Waals surface area contributed by atoms with Crippen LogP contribution in [0.25, 0.3) is 0 Å². The lowest BCUT2D eigenvalue weighted by Gasteiger charge is -2.05. The molecular formula is C16H13ClF3N5OS. The summed E-state index contributed by atoms with van der Waals surface area (Å²) < 4.78 is 39.2. The molecule has 142 valence electrons. The zero-order valence-electron chi connectivity index (χ0n) is 14.1. The number of rotatable bonds is 4. The number of hydrogen-bond donors (Lipinski definition) is 1. The van der Waals surface area contributed by atoms with Crippen molar-refractivity contribution < 1.29 is 18.0 Å². The van der Waals surface area contributed by atoms with Crippen molar-refractivity contribution in [3.63, 3.8) is 0 Å². The van der Waals surface area contributed by atoms with E-state index in [9.17, 15) is 18.0 Å². The van der Waals surface area contributed by atoms with Crippen LogP contribution in [0.3, 0.4) is 0 Å². The van der Waals surface area contributed by atoms with Crippen molar-refractivity contribution in [3.05, 3.63) is 56.8 Å². The minimum atomic E-state index is -4.62. The number of alkyl halides is 3. The molecule has 1 amide bonds. The third kappa shape index (κ3) is 4.28. The van der Waals surface area contributed by atoms with Gasteiger partial charge in [0.25, 0.3) is 5.91 Å². The van der Waals surface area contributed by atoms with E-state index in [0.717, 1.165) is 11.1 Å². The first-order chi connectivity index (χ1) is 12.6. The second kappa shape index (κ2) is 7.28. The SMILES string of the molecule is Cc1ccc(Cn2nc(C)c(C(=O)Nc3nnc(C(F)(F)F)s3)c2Cl)cc1. The highest BCUT2D eigenvalue weighted by Crippen LogP contribution is 2.33. The number of amides is 1. The molecule has 0 fully saturated rings. The number of carbonyl (C=O) groups is 1. The molecule has 3 rings (SSSR count). The average molecular weight is 416 g/mol. The molecule has 0 saturated heterocycles. The van der Waals surface area contributed by atoms with Crippen LogP contribution in [0.2, 0.25) is 5.15 Å². The number of aryl methyl sites for hydroxylation is 2. The van der Waals surface area contributed by atoms with Gasteiger partial charge in [0, 0.05) is 0 Å². The molecule has 1 aromatic carbocycles. The minimum absolute atomic E-state index is 0.0764. The Hall–Kier alpha value is -2.46. The van der Waals surface area contributed by atoms with E-state index in [1.165, 1.54) is 4.68 Å². The minimum Gasteiger partial charge on any atom is -0.296 e. The van der Waals surface area contributed by atoms with Gasteiger partial charge in [0.15, 0.2) is 0 Å². The summed E-state index contributed by atoms with van der Waals surface area (Å²) in [4.78, 5) is 12.4. The zero-order valence-corrected chi connectivity index (χ0v) is 15.7. The summed E-state index contributed by atoms with van der Waals surface area (Å²) in [6.07, 6.45) is -4.62. The van der Waals surface area contributed by atoms with Crippen molar-refractivity contribution in [2.45, 2.75) is 26.6 Å². The second-order valence-corrected chi connectivity index (χ2v) is 7.09. The van der Waals surface area contributed by atoms with Crippen LogP contribution in [-0.4, -0.2) is 25.9 Å². The highest BCUT2D eigenvalue weighted by molar-refractivity contribution is 7.15. The van der Waals surface area contributed by atoms with Gasteiger partial charge >= 0.3 is 6.18 Å². The largest absolute Gasteiger partial charge is 0.445 e. The fourth-order valence-electron chi connectivity index (χ4n) is 2.33. The molecule has 0 atom stereocenters. The Morgan fingerprint density at radius 3 is 2.48 bits per heavy atom. The first-order valence-electron chi connectivity index (χ1n) is 7.65. The van der Waals surface area contributed by atoms with E-state index in [1.807, 2.05) is 31.2 Å². The fraction of sp³-hybridized carbons (Fsp3) is 0.250. The van der Waals surface area contributed by atoms with E-state index in [1.54, 1.807) is 6.92 Å². The van der Waals surface area contributed by atoms with Gasteiger partial charge in [-0.15, -0.1) is 10.2 Å². The van der Waals surface area contributed by atoms with Crippen LogP contribution < -0.4 is 5.32 Å². The molecule has 0 unspecified atom stereocenters. The predicted octanol–water partition coefficient (Wildman–Crippen LogP) is 4.32. The number of aromatic nitrogens is 4. The molecule has 0 aliphatic heterocycles. The maximum atomic E-state index is 12.6. The molecule has 0 aliphatic carbocycles. The summed E-state index contributed by atoms with van der Waals surface area (Å²) in [7, 11) is 0. The number of nitrogens with zero attached hydrogens (tertiary/aromatic N) is 4. The first-order valence-corrected chi connectivity index (χ1v) is 8.85. The lowest BCUT2D eigenvalue weighted by molar-refractivity contribution is -0.138. The quantitative estimate of drug-likeness (QED) is 0.688. The number of nitrogens with one attached hydrogen (secondary N) is 1. The monoisotopic (exact) mass is 415 g/mol. The molecule has 0 aliphatic rings. The maximum Gasteiger partial charge on any atom is 0.445 e. The molecule has 1 N–H and O–H groups in total. The lowest BCUT2D eigenvalue weighted by atomic mass is 10.1.